The smallest absolute Gasteiger partial charge is 0.309 e. The van der Waals surface area contributed by atoms with Gasteiger partial charge in [-0.2, -0.15) is 4.31 Å². The van der Waals surface area contributed by atoms with Crippen molar-refractivity contribution in [2.45, 2.75) is 50.8 Å². The molecular weight excluding hydrogens is 392 g/mol. The van der Waals surface area contributed by atoms with Crippen molar-refractivity contribution in [1.82, 2.24) is 9.21 Å². The SMILES string of the molecule is Cc1ccc(S(=O)(=O)N2CCN(C(=O)COC(=O)C3CCCCC3)CC2)cc1C. The quantitative estimate of drug-likeness (QED) is 0.680. The van der Waals surface area contributed by atoms with E-state index in [1.807, 2.05) is 19.9 Å². The lowest BCUT2D eigenvalue weighted by Gasteiger charge is -2.34. The number of rotatable bonds is 5. The largest absolute Gasteiger partial charge is 0.455 e. The summed E-state index contributed by atoms with van der Waals surface area (Å²) in [4.78, 5) is 26.3. The lowest BCUT2D eigenvalue weighted by atomic mass is 9.89. The van der Waals surface area contributed by atoms with Crippen LogP contribution >= 0.6 is 0 Å². The van der Waals surface area contributed by atoms with Crippen molar-refractivity contribution >= 4 is 21.9 Å². The maximum Gasteiger partial charge on any atom is 0.309 e. The molecule has 1 heterocycles. The molecule has 3 rings (SSSR count). The van der Waals surface area contributed by atoms with Crippen molar-refractivity contribution in [3.8, 4) is 0 Å². The monoisotopic (exact) mass is 422 g/mol. The Kier molecular flexibility index (Phi) is 6.95. The van der Waals surface area contributed by atoms with Crippen LogP contribution in [0.5, 0.6) is 0 Å². The number of hydrogen-bond donors (Lipinski definition) is 0. The zero-order valence-electron chi connectivity index (χ0n) is 17.2. The highest BCUT2D eigenvalue weighted by Gasteiger charge is 2.31. The molecule has 1 aromatic carbocycles. The number of benzene rings is 1. The Bertz CT molecular complexity index is 854. The van der Waals surface area contributed by atoms with Gasteiger partial charge in [-0.25, -0.2) is 8.42 Å². The van der Waals surface area contributed by atoms with Crippen molar-refractivity contribution in [3.63, 3.8) is 0 Å². The number of carbonyl (C=O) groups is 2. The van der Waals surface area contributed by atoms with E-state index in [4.69, 9.17) is 4.74 Å². The zero-order valence-corrected chi connectivity index (χ0v) is 18.0. The van der Waals surface area contributed by atoms with Crippen molar-refractivity contribution in [3.05, 3.63) is 29.3 Å². The summed E-state index contributed by atoms with van der Waals surface area (Å²) in [6, 6.07) is 5.12. The van der Waals surface area contributed by atoms with Crippen molar-refractivity contribution in [2.24, 2.45) is 5.92 Å². The van der Waals surface area contributed by atoms with Gasteiger partial charge in [-0.05, 0) is 49.9 Å². The summed E-state index contributed by atoms with van der Waals surface area (Å²) in [6.45, 7) is 4.62. The summed E-state index contributed by atoms with van der Waals surface area (Å²) in [7, 11) is -3.58. The average molecular weight is 423 g/mol. The molecule has 2 aliphatic rings. The fraction of sp³-hybridized carbons (Fsp3) is 0.619. The Balaban J connectivity index is 1.50. The summed E-state index contributed by atoms with van der Waals surface area (Å²) in [5, 5.41) is 0. The van der Waals surface area contributed by atoms with Gasteiger partial charge in [-0.1, -0.05) is 25.3 Å². The Morgan fingerprint density at radius 2 is 1.66 bits per heavy atom. The predicted molar refractivity (Wildman–Crippen MR) is 109 cm³/mol. The van der Waals surface area contributed by atoms with Crippen LogP contribution in [0.25, 0.3) is 0 Å². The van der Waals surface area contributed by atoms with Gasteiger partial charge in [-0.15, -0.1) is 0 Å². The highest BCUT2D eigenvalue weighted by atomic mass is 32.2. The number of sulfonamides is 1. The number of esters is 1. The molecule has 0 aromatic heterocycles. The molecule has 0 spiro atoms. The molecule has 0 atom stereocenters. The zero-order chi connectivity index (χ0) is 21.0. The molecule has 1 amide bonds. The highest BCUT2D eigenvalue weighted by molar-refractivity contribution is 7.89. The molecule has 160 valence electrons. The van der Waals surface area contributed by atoms with Gasteiger partial charge in [0, 0.05) is 26.2 Å². The molecule has 8 heteroatoms. The molecule has 0 unspecified atom stereocenters. The van der Waals surface area contributed by atoms with Crippen LogP contribution in [0.2, 0.25) is 0 Å². The summed E-state index contributed by atoms with van der Waals surface area (Å²) < 4.78 is 32.4. The first-order valence-corrected chi connectivity index (χ1v) is 11.7. The average Bonchev–Trinajstić information content (AvgIpc) is 2.74. The molecule has 0 radical (unpaired) electrons. The van der Waals surface area contributed by atoms with Crippen LogP contribution in [0.4, 0.5) is 0 Å². The third kappa shape index (κ3) is 5.17. The Morgan fingerprint density at radius 3 is 2.28 bits per heavy atom. The molecule has 29 heavy (non-hydrogen) atoms. The lowest BCUT2D eigenvalue weighted by molar-refractivity contribution is -0.156. The third-order valence-electron chi connectivity index (χ3n) is 5.98. The van der Waals surface area contributed by atoms with Crippen LogP contribution in [0.1, 0.15) is 43.2 Å². The van der Waals surface area contributed by atoms with Crippen LogP contribution in [0, 0.1) is 19.8 Å². The van der Waals surface area contributed by atoms with Gasteiger partial charge < -0.3 is 9.64 Å². The van der Waals surface area contributed by atoms with E-state index in [9.17, 15) is 18.0 Å². The second kappa shape index (κ2) is 9.26. The summed E-state index contributed by atoms with van der Waals surface area (Å²) in [5.41, 5.74) is 1.97. The van der Waals surface area contributed by atoms with E-state index in [-0.39, 0.29) is 42.4 Å². The molecule has 1 saturated carbocycles. The second-order valence-corrected chi connectivity index (χ2v) is 9.91. The van der Waals surface area contributed by atoms with E-state index < -0.39 is 10.0 Å². The highest BCUT2D eigenvalue weighted by Crippen LogP contribution is 2.25. The number of ether oxygens (including phenoxy) is 1. The van der Waals surface area contributed by atoms with Crippen LogP contribution in [-0.2, 0) is 24.3 Å². The summed E-state index contributed by atoms with van der Waals surface area (Å²) >= 11 is 0. The fourth-order valence-corrected chi connectivity index (χ4v) is 5.39. The number of piperazine rings is 1. The van der Waals surface area contributed by atoms with Gasteiger partial charge in [0.25, 0.3) is 5.91 Å². The van der Waals surface area contributed by atoms with Gasteiger partial charge in [0.2, 0.25) is 10.0 Å². The van der Waals surface area contributed by atoms with Gasteiger partial charge in [-0.3, -0.25) is 9.59 Å². The minimum Gasteiger partial charge on any atom is -0.455 e. The van der Waals surface area contributed by atoms with Gasteiger partial charge in [0.1, 0.15) is 0 Å². The van der Waals surface area contributed by atoms with Crippen LogP contribution < -0.4 is 0 Å². The number of amides is 1. The van der Waals surface area contributed by atoms with Gasteiger partial charge in [0.05, 0.1) is 10.8 Å². The van der Waals surface area contributed by atoms with Crippen molar-refractivity contribution < 1.29 is 22.7 Å². The minimum atomic E-state index is -3.58. The standard InChI is InChI=1S/C21H30N2O5S/c1-16-8-9-19(14-17(16)2)29(26,27)23-12-10-22(11-13-23)20(24)15-28-21(25)18-6-4-3-5-7-18/h8-9,14,18H,3-7,10-13,15H2,1-2H3. The Labute approximate surface area is 173 Å². The molecular formula is C21H30N2O5S. The molecule has 1 aliphatic heterocycles. The Hall–Kier alpha value is -1.93. The first kappa shape index (κ1) is 21.8. The van der Waals surface area contributed by atoms with E-state index in [1.165, 1.54) is 4.31 Å². The number of nitrogens with zero attached hydrogens (tertiary/aromatic N) is 2. The second-order valence-electron chi connectivity index (χ2n) is 7.97. The maximum atomic E-state index is 12.9. The van der Waals surface area contributed by atoms with E-state index in [0.717, 1.165) is 43.2 Å². The van der Waals surface area contributed by atoms with E-state index in [0.29, 0.717) is 13.1 Å². The first-order valence-electron chi connectivity index (χ1n) is 10.3. The molecule has 2 fully saturated rings. The molecule has 0 bridgehead atoms. The molecule has 1 aromatic rings. The van der Waals surface area contributed by atoms with E-state index in [2.05, 4.69) is 0 Å². The normalized spacial score (nSPS) is 19.2. The summed E-state index contributed by atoms with van der Waals surface area (Å²) in [5.74, 6) is -0.636. The third-order valence-corrected chi connectivity index (χ3v) is 7.88. The van der Waals surface area contributed by atoms with Gasteiger partial charge >= 0.3 is 5.97 Å². The van der Waals surface area contributed by atoms with Crippen LogP contribution in [0.15, 0.2) is 23.1 Å². The number of aryl methyl sites for hydroxylation is 2. The van der Waals surface area contributed by atoms with E-state index in [1.54, 1.807) is 17.0 Å². The molecule has 0 N–H and O–H groups in total. The molecule has 1 saturated heterocycles. The van der Waals surface area contributed by atoms with Crippen LogP contribution in [0.3, 0.4) is 0 Å². The Morgan fingerprint density at radius 1 is 1.00 bits per heavy atom. The topological polar surface area (TPSA) is 84.0 Å². The minimum absolute atomic E-state index is 0.0866. The lowest BCUT2D eigenvalue weighted by Crippen LogP contribution is -2.51. The first-order chi connectivity index (χ1) is 13.8. The van der Waals surface area contributed by atoms with Crippen molar-refractivity contribution in [2.75, 3.05) is 32.8 Å². The molecule has 7 nitrogen and oxygen atoms in total. The maximum absolute atomic E-state index is 12.9. The number of carbonyl (C=O) groups excluding carboxylic acids is 2. The van der Waals surface area contributed by atoms with Gasteiger partial charge in [0.15, 0.2) is 6.61 Å². The van der Waals surface area contributed by atoms with E-state index >= 15 is 0 Å². The van der Waals surface area contributed by atoms with Crippen molar-refractivity contribution in [1.29, 1.82) is 0 Å². The fourth-order valence-electron chi connectivity index (χ4n) is 3.88. The summed E-state index contributed by atoms with van der Waals surface area (Å²) in [6.07, 6.45) is 4.89. The predicted octanol–water partition coefficient (Wildman–Crippen LogP) is 2.26. The molecule has 1 aliphatic carbocycles. The van der Waals surface area contributed by atoms with Crippen LogP contribution in [-0.4, -0.2) is 62.3 Å². The number of hydrogen-bond acceptors (Lipinski definition) is 5.